The first kappa shape index (κ1) is 9.43. The van der Waals surface area contributed by atoms with Gasteiger partial charge < -0.3 is 5.11 Å². The van der Waals surface area contributed by atoms with Gasteiger partial charge in [-0.2, -0.15) is 0 Å². The van der Waals surface area contributed by atoms with Gasteiger partial charge in [0.15, 0.2) is 0 Å². The number of aliphatic hydroxyl groups is 1. The average molecular weight is 240 g/mol. The smallest absolute Gasteiger partial charge is 0.0431 e. The van der Waals surface area contributed by atoms with E-state index in [-0.39, 0.29) is 0 Å². The van der Waals surface area contributed by atoms with Gasteiger partial charge in [-0.05, 0) is 30.3 Å². The van der Waals surface area contributed by atoms with Crippen LogP contribution in [0.2, 0.25) is 0 Å². The first-order valence-corrected chi connectivity index (χ1v) is 4.42. The van der Waals surface area contributed by atoms with E-state index in [1.54, 1.807) is 0 Å². The van der Waals surface area contributed by atoms with Crippen molar-refractivity contribution in [2.45, 2.75) is 26.2 Å². The van der Waals surface area contributed by atoms with E-state index in [0.717, 1.165) is 19.3 Å². The van der Waals surface area contributed by atoms with Crippen LogP contribution in [0.15, 0.2) is 9.66 Å². The van der Waals surface area contributed by atoms with E-state index in [1.807, 2.05) is 0 Å². The van der Waals surface area contributed by atoms with Crippen molar-refractivity contribution in [3.8, 4) is 0 Å². The van der Waals surface area contributed by atoms with Gasteiger partial charge >= 0.3 is 0 Å². The van der Waals surface area contributed by atoms with Crippen molar-refractivity contribution in [1.82, 2.24) is 0 Å². The van der Waals surface area contributed by atoms with E-state index in [4.69, 9.17) is 5.11 Å². The molecular weight excluding hydrogens is 227 g/mol. The number of unbranched alkanes of at least 4 members (excludes halogenated alkanes) is 1. The van der Waals surface area contributed by atoms with Crippen molar-refractivity contribution >= 4 is 22.6 Å². The molecule has 0 rings (SSSR count). The fourth-order valence-corrected chi connectivity index (χ4v) is 0.882. The van der Waals surface area contributed by atoms with Crippen LogP contribution in [0.4, 0.5) is 0 Å². The van der Waals surface area contributed by atoms with Gasteiger partial charge in [-0.25, -0.2) is 0 Å². The molecule has 0 amide bonds. The molecule has 0 bridgehead atoms. The van der Waals surface area contributed by atoms with Crippen LogP contribution in [0.3, 0.4) is 0 Å². The van der Waals surface area contributed by atoms with Gasteiger partial charge in [-0.15, -0.1) is 0 Å². The summed E-state index contributed by atoms with van der Waals surface area (Å²) >= 11 is 2.24. The Bertz CT molecular complexity index is 88.9. The standard InChI is InChI=1S/C7H13IO/c1-7(6-8)4-2-3-5-9/h6,9H,2-5H2,1H3/b7-6-. The molecule has 0 spiro atoms. The molecule has 0 aliphatic heterocycles. The number of hydrogen-bond acceptors (Lipinski definition) is 1. The zero-order valence-electron chi connectivity index (χ0n) is 5.73. The van der Waals surface area contributed by atoms with Crippen molar-refractivity contribution in [3.05, 3.63) is 9.66 Å². The third-order valence-corrected chi connectivity index (χ3v) is 2.23. The molecule has 0 aromatic rings. The zero-order chi connectivity index (χ0) is 7.11. The van der Waals surface area contributed by atoms with Crippen molar-refractivity contribution < 1.29 is 5.11 Å². The summed E-state index contributed by atoms with van der Waals surface area (Å²) in [4.78, 5) is 0. The number of halogens is 1. The Balaban J connectivity index is 3.07. The van der Waals surface area contributed by atoms with Gasteiger partial charge in [-0.1, -0.05) is 28.2 Å². The van der Waals surface area contributed by atoms with E-state index >= 15 is 0 Å². The van der Waals surface area contributed by atoms with Crippen LogP contribution in [0.5, 0.6) is 0 Å². The van der Waals surface area contributed by atoms with Crippen LogP contribution in [0, 0.1) is 0 Å². The maximum absolute atomic E-state index is 8.43. The molecule has 1 nitrogen and oxygen atoms in total. The summed E-state index contributed by atoms with van der Waals surface area (Å²) in [5.41, 5.74) is 1.41. The van der Waals surface area contributed by atoms with E-state index in [0.29, 0.717) is 6.61 Å². The zero-order valence-corrected chi connectivity index (χ0v) is 7.89. The van der Waals surface area contributed by atoms with Gasteiger partial charge in [0, 0.05) is 6.61 Å². The first-order valence-electron chi connectivity index (χ1n) is 3.18. The number of rotatable bonds is 4. The molecule has 0 saturated heterocycles. The lowest BCUT2D eigenvalue weighted by Gasteiger charge is -1.96. The summed E-state index contributed by atoms with van der Waals surface area (Å²) < 4.78 is 2.09. The summed E-state index contributed by atoms with van der Waals surface area (Å²) in [5, 5.41) is 8.43. The Hall–Kier alpha value is 0.430. The summed E-state index contributed by atoms with van der Waals surface area (Å²) in [6.45, 7) is 2.44. The molecule has 1 N–H and O–H groups in total. The Morgan fingerprint density at radius 3 is 2.67 bits per heavy atom. The molecule has 0 saturated carbocycles. The molecule has 9 heavy (non-hydrogen) atoms. The molecule has 0 fully saturated rings. The highest BCUT2D eigenvalue weighted by Gasteiger charge is 1.87. The van der Waals surface area contributed by atoms with Crippen molar-refractivity contribution in [1.29, 1.82) is 0 Å². The third-order valence-electron chi connectivity index (χ3n) is 1.17. The van der Waals surface area contributed by atoms with Crippen LogP contribution < -0.4 is 0 Å². The monoisotopic (exact) mass is 240 g/mol. The van der Waals surface area contributed by atoms with E-state index in [9.17, 15) is 0 Å². The summed E-state index contributed by atoms with van der Waals surface area (Å²) in [6.07, 6.45) is 3.17. The summed E-state index contributed by atoms with van der Waals surface area (Å²) in [5.74, 6) is 0. The highest BCUT2D eigenvalue weighted by atomic mass is 127. The lowest BCUT2D eigenvalue weighted by molar-refractivity contribution is 0.284. The van der Waals surface area contributed by atoms with Gasteiger partial charge in [0.1, 0.15) is 0 Å². The minimum atomic E-state index is 0.328. The topological polar surface area (TPSA) is 20.2 Å². The molecule has 0 heterocycles. The lowest BCUT2D eigenvalue weighted by atomic mass is 10.1. The van der Waals surface area contributed by atoms with Crippen molar-refractivity contribution in [2.75, 3.05) is 6.61 Å². The number of aliphatic hydroxyl groups excluding tert-OH is 1. The maximum atomic E-state index is 8.43. The highest BCUT2D eigenvalue weighted by molar-refractivity contribution is 14.1. The minimum Gasteiger partial charge on any atom is -0.396 e. The van der Waals surface area contributed by atoms with Gasteiger partial charge in [0.2, 0.25) is 0 Å². The second kappa shape index (κ2) is 6.55. The Morgan fingerprint density at radius 2 is 2.22 bits per heavy atom. The molecule has 0 aromatic heterocycles. The van der Waals surface area contributed by atoms with E-state index in [2.05, 4.69) is 33.6 Å². The van der Waals surface area contributed by atoms with Crippen LogP contribution >= 0.6 is 22.6 Å². The quantitative estimate of drug-likeness (QED) is 0.591. The van der Waals surface area contributed by atoms with Crippen LogP contribution in [0.1, 0.15) is 26.2 Å². The molecule has 0 aliphatic rings. The molecule has 0 radical (unpaired) electrons. The van der Waals surface area contributed by atoms with Gasteiger partial charge in [0.05, 0.1) is 0 Å². The molecule has 0 aliphatic carbocycles. The minimum absolute atomic E-state index is 0.328. The fourth-order valence-electron chi connectivity index (χ4n) is 0.570. The van der Waals surface area contributed by atoms with Gasteiger partial charge in [0.25, 0.3) is 0 Å². The predicted octanol–water partition coefficient (Wildman–Crippen LogP) is 2.49. The lowest BCUT2D eigenvalue weighted by Crippen LogP contribution is -1.82. The second-order valence-electron chi connectivity index (χ2n) is 2.14. The van der Waals surface area contributed by atoms with Crippen LogP contribution in [-0.2, 0) is 0 Å². The highest BCUT2D eigenvalue weighted by Crippen LogP contribution is 2.07. The van der Waals surface area contributed by atoms with Crippen molar-refractivity contribution in [3.63, 3.8) is 0 Å². The number of allylic oxidation sites excluding steroid dienone is 1. The van der Waals surface area contributed by atoms with E-state index < -0.39 is 0 Å². The Labute approximate surface area is 70.3 Å². The number of hydrogen-bond donors (Lipinski definition) is 1. The normalized spacial score (nSPS) is 12.1. The largest absolute Gasteiger partial charge is 0.396 e. The van der Waals surface area contributed by atoms with Crippen LogP contribution in [0.25, 0.3) is 0 Å². The first-order chi connectivity index (χ1) is 4.31. The molecule has 0 unspecified atom stereocenters. The Kier molecular flexibility index (Phi) is 6.86. The predicted molar refractivity (Wildman–Crippen MR) is 48.7 cm³/mol. The summed E-state index contributed by atoms with van der Waals surface area (Å²) in [6, 6.07) is 0. The molecule has 54 valence electrons. The van der Waals surface area contributed by atoms with Crippen LogP contribution in [-0.4, -0.2) is 11.7 Å². The molecular formula is C7H13IO. The average Bonchev–Trinajstić information content (AvgIpc) is 1.89. The third kappa shape index (κ3) is 6.31. The maximum Gasteiger partial charge on any atom is 0.0431 e. The molecule has 0 atom stereocenters. The SMILES string of the molecule is C/C(=C/I)CCCCO. The fraction of sp³-hybridized carbons (Fsp3) is 0.714. The summed E-state index contributed by atoms with van der Waals surface area (Å²) in [7, 11) is 0. The van der Waals surface area contributed by atoms with Crippen molar-refractivity contribution in [2.24, 2.45) is 0 Å². The molecule has 0 aromatic carbocycles. The second-order valence-corrected chi connectivity index (χ2v) is 2.76. The van der Waals surface area contributed by atoms with Gasteiger partial charge in [-0.3, -0.25) is 0 Å². The van der Waals surface area contributed by atoms with E-state index in [1.165, 1.54) is 5.57 Å². The molecule has 2 heteroatoms. The Morgan fingerprint density at radius 1 is 1.56 bits per heavy atom.